The van der Waals surface area contributed by atoms with Crippen LogP contribution < -0.4 is 5.73 Å². The number of nitrogen functional groups attached to an aromatic ring is 1. The van der Waals surface area contributed by atoms with Crippen LogP contribution in [0, 0.1) is 0 Å². The number of aldehydes is 1. The van der Waals surface area contributed by atoms with E-state index >= 15 is 0 Å². The summed E-state index contributed by atoms with van der Waals surface area (Å²) in [6.07, 6.45) is 4.69. The smallest absolute Gasteiger partial charge is 0.127 e. The molecule has 0 aliphatic carbocycles. The monoisotopic (exact) mass is 175 g/mol. The van der Waals surface area contributed by atoms with Crippen LogP contribution in [-0.2, 0) is 11.2 Å². The summed E-state index contributed by atoms with van der Waals surface area (Å²) in [5.41, 5.74) is 7.21. The van der Waals surface area contributed by atoms with Crippen LogP contribution in [0.25, 0.3) is 5.52 Å². The number of fused-ring (bicyclic) bond motifs is 1. The summed E-state index contributed by atoms with van der Waals surface area (Å²) >= 11 is 0. The van der Waals surface area contributed by atoms with E-state index in [-0.39, 0.29) is 0 Å². The van der Waals surface area contributed by atoms with Crippen LogP contribution in [0.4, 0.5) is 5.69 Å². The highest BCUT2D eigenvalue weighted by atomic mass is 16.1. The first kappa shape index (κ1) is 7.79. The van der Waals surface area contributed by atoms with E-state index in [1.54, 1.807) is 12.3 Å². The van der Waals surface area contributed by atoms with Gasteiger partial charge < -0.3 is 14.9 Å². The molecule has 0 aromatic carbocycles. The molecule has 2 heterocycles. The fraction of sp³-hybridized carbons (Fsp3) is 0.111. The molecule has 0 spiro atoms. The number of hydrogen-bond acceptors (Lipinski definition) is 3. The van der Waals surface area contributed by atoms with Crippen LogP contribution in [0.3, 0.4) is 0 Å². The van der Waals surface area contributed by atoms with Crippen molar-refractivity contribution in [2.75, 3.05) is 5.73 Å². The van der Waals surface area contributed by atoms with E-state index in [0.29, 0.717) is 12.1 Å². The second-order valence-corrected chi connectivity index (χ2v) is 2.80. The number of carbonyl (C=O) groups excluding carboxylic acids is 1. The van der Waals surface area contributed by atoms with Crippen molar-refractivity contribution in [3.8, 4) is 0 Å². The van der Waals surface area contributed by atoms with Gasteiger partial charge in [-0.15, -0.1) is 0 Å². The van der Waals surface area contributed by atoms with Crippen LogP contribution in [0.2, 0.25) is 0 Å². The van der Waals surface area contributed by atoms with E-state index in [9.17, 15) is 4.79 Å². The molecule has 2 rings (SSSR count). The Bertz CT molecular complexity index is 447. The Kier molecular flexibility index (Phi) is 1.73. The molecular formula is C9H9N3O. The summed E-state index contributed by atoms with van der Waals surface area (Å²) in [7, 11) is 0. The molecule has 0 radical (unpaired) electrons. The van der Waals surface area contributed by atoms with Gasteiger partial charge in [-0.05, 0) is 12.1 Å². The average molecular weight is 175 g/mol. The van der Waals surface area contributed by atoms with Gasteiger partial charge in [0.15, 0.2) is 0 Å². The van der Waals surface area contributed by atoms with Gasteiger partial charge in [-0.25, -0.2) is 4.98 Å². The zero-order chi connectivity index (χ0) is 9.26. The van der Waals surface area contributed by atoms with E-state index in [4.69, 9.17) is 5.73 Å². The molecule has 0 aliphatic rings. The minimum Gasteiger partial charge on any atom is -0.399 e. The third-order valence-electron chi connectivity index (χ3n) is 1.90. The number of nitrogens with zero attached hydrogens (tertiary/aromatic N) is 2. The second kappa shape index (κ2) is 2.90. The van der Waals surface area contributed by atoms with Gasteiger partial charge in [0.05, 0.1) is 18.1 Å². The highest BCUT2D eigenvalue weighted by Gasteiger charge is 2.01. The lowest BCUT2D eigenvalue weighted by molar-refractivity contribution is -0.107. The molecule has 0 saturated heterocycles. The Hall–Kier alpha value is -1.84. The summed E-state index contributed by atoms with van der Waals surface area (Å²) in [6, 6.07) is 3.60. The Morgan fingerprint density at radius 2 is 2.46 bits per heavy atom. The van der Waals surface area contributed by atoms with Crippen LogP contribution >= 0.6 is 0 Å². The molecular weight excluding hydrogens is 166 g/mol. The normalized spacial score (nSPS) is 10.5. The van der Waals surface area contributed by atoms with E-state index in [2.05, 4.69) is 4.98 Å². The molecule has 2 aromatic heterocycles. The number of pyridine rings is 1. The number of hydrogen-bond donors (Lipinski definition) is 1. The van der Waals surface area contributed by atoms with Crippen LogP contribution in [0.1, 0.15) is 5.82 Å². The minimum atomic E-state index is 0.331. The molecule has 0 fully saturated rings. The lowest BCUT2D eigenvalue weighted by Gasteiger charge is -1.97. The van der Waals surface area contributed by atoms with Crippen molar-refractivity contribution in [3.63, 3.8) is 0 Å². The number of nitrogens with two attached hydrogens (primary N) is 1. The molecule has 0 bridgehead atoms. The predicted molar refractivity (Wildman–Crippen MR) is 49.4 cm³/mol. The average Bonchev–Trinajstić information content (AvgIpc) is 2.49. The summed E-state index contributed by atoms with van der Waals surface area (Å²) in [5.74, 6) is 0.741. The third kappa shape index (κ3) is 1.26. The summed E-state index contributed by atoms with van der Waals surface area (Å²) < 4.78 is 1.85. The van der Waals surface area contributed by atoms with Gasteiger partial charge in [0.25, 0.3) is 0 Å². The molecule has 2 aromatic rings. The van der Waals surface area contributed by atoms with Gasteiger partial charge in [-0.1, -0.05) is 0 Å². The molecule has 0 unspecified atom stereocenters. The standard InChI is InChI=1S/C9H9N3O/c10-7-1-3-12-8(5-7)6-11-9(12)2-4-13/h1,3-6H,2,10H2. The van der Waals surface area contributed by atoms with Crippen molar-refractivity contribution >= 4 is 17.5 Å². The molecule has 66 valence electrons. The van der Waals surface area contributed by atoms with Gasteiger partial charge >= 0.3 is 0 Å². The van der Waals surface area contributed by atoms with E-state index in [1.165, 1.54) is 0 Å². The number of imidazole rings is 1. The van der Waals surface area contributed by atoms with E-state index in [0.717, 1.165) is 17.6 Å². The highest BCUT2D eigenvalue weighted by molar-refractivity contribution is 5.59. The number of anilines is 1. The first-order valence-electron chi connectivity index (χ1n) is 3.96. The number of carbonyl (C=O) groups is 1. The summed E-state index contributed by atoms with van der Waals surface area (Å²) in [4.78, 5) is 14.4. The Morgan fingerprint density at radius 3 is 3.23 bits per heavy atom. The third-order valence-corrected chi connectivity index (χ3v) is 1.90. The fourth-order valence-electron chi connectivity index (χ4n) is 1.30. The molecule has 2 N–H and O–H groups in total. The summed E-state index contributed by atoms with van der Waals surface area (Å²) in [6.45, 7) is 0. The molecule has 4 heteroatoms. The Labute approximate surface area is 75.0 Å². The number of aromatic nitrogens is 2. The molecule has 0 saturated carbocycles. The molecule has 0 amide bonds. The van der Waals surface area contributed by atoms with Crippen LogP contribution in [0.15, 0.2) is 24.5 Å². The van der Waals surface area contributed by atoms with Crippen LogP contribution in [-0.4, -0.2) is 15.7 Å². The maximum Gasteiger partial charge on any atom is 0.127 e. The van der Waals surface area contributed by atoms with E-state index < -0.39 is 0 Å². The summed E-state index contributed by atoms with van der Waals surface area (Å²) in [5, 5.41) is 0. The van der Waals surface area contributed by atoms with Crippen molar-refractivity contribution in [3.05, 3.63) is 30.4 Å². The van der Waals surface area contributed by atoms with Gasteiger partial charge in [0.1, 0.15) is 12.1 Å². The Balaban J connectivity index is 2.61. The topological polar surface area (TPSA) is 60.4 Å². The zero-order valence-corrected chi connectivity index (χ0v) is 6.97. The maximum absolute atomic E-state index is 10.3. The molecule has 0 atom stereocenters. The van der Waals surface area contributed by atoms with Crippen molar-refractivity contribution in [1.82, 2.24) is 9.38 Å². The molecule has 0 aliphatic heterocycles. The van der Waals surface area contributed by atoms with Gasteiger partial charge in [0, 0.05) is 11.9 Å². The van der Waals surface area contributed by atoms with Crippen molar-refractivity contribution < 1.29 is 4.79 Å². The minimum absolute atomic E-state index is 0.331. The molecule has 13 heavy (non-hydrogen) atoms. The lowest BCUT2D eigenvalue weighted by Crippen LogP contribution is -1.95. The van der Waals surface area contributed by atoms with Crippen molar-refractivity contribution in [1.29, 1.82) is 0 Å². The predicted octanol–water partition coefficient (Wildman–Crippen LogP) is 0.658. The van der Waals surface area contributed by atoms with Gasteiger partial charge in [0.2, 0.25) is 0 Å². The lowest BCUT2D eigenvalue weighted by atomic mass is 10.3. The zero-order valence-electron chi connectivity index (χ0n) is 6.97. The fourth-order valence-corrected chi connectivity index (χ4v) is 1.30. The molecule has 4 nitrogen and oxygen atoms in total. The second-order valence-electron chi connectivity index (χ2n) is 2.80. The van der Waals surface area contributed by atoms with Gasteiger partial charge in [-0.3, -0.25) is 0 Å². The first-order chi connectivity index (χ1) is 6.31. The van der Waals surface area contributed by atoms with E-state index in [1.807, 2.05) is 16.7 Å². The van der Waals surface area contributed by atoms with Crippen molar-refractivity contribution in [2.24, 2.45) is 0 Å². The first-order valence-corrected chi connectivity index (χ1v) is 3.96. The maximum atomic E-state index is 10.3. The Morgan fingerprint density at radius 1 is 1.62 bits per heavy atom. The highest BCUT2D eigenvalue weighted by Crippen LogP contribution is 2.10. The quantitative estimate of drug-likeness (QED) is 0.682. The SMILES string of the molecule is Nc1ccn2c(CC=O)ncc2c1. The van der Waals surface area contributed by atoms with Crippen molar-refractivity contribution in [2.45, 2.75) is 6.42 Å². The number of rotatable bonds is 2. The van der Waals surface area contributed by atoms with Gasteiger partial charge in [-0.2, -0.15) is 0 Å². The van der Waals surface area contributed by atoms with Crippen LogP contribution in [0.5, 0.6) is 0 Å². The largest absolute Gasteiger partial charge is 0.399 e.